The van der Waals surface area contributed by atoms with E-state index in [0.29, 0.717) is 13.0 Å². The van der Waals surface area contributed by atoms with E-state index in [9.17, 15) is 9.59 Å². The third-order valence-electron chi connectivity index (χ3n) is 4.53. The van der Waals surface area contributed by atoms with Crippen molar-refractivity contribution in [2.24, 2.45) is 0 Å². The van der Waals surface area contributed by atoms with Gasteiger partial charge in [0, 0.05) is 6.54 Å². The lowest BCUT2D eigenvalue weighted by Crippen LogP contribution is -2.68. The number of nitrogens with one attached hydrogen (secondary N) is 1. The average Bonchev–Trinajstić information content (AvgIpc) is 2.45. The maximum atomic E-state index is 12.7. The Bertz CT molecular complexity index is 582. The van der Waals surface area contributed by atoms with E-state index in [4.69, 9.17) is 0 Å². The third-order valence-corrected chi connectivity index (χ3v) is 4.53. The Morgan fingerprint density at radius 1 is 1.29 bits per heavy atom. The van der Waals surface area contributed by atoms with Crippen molar-refractivity contribution in [1.82, 2.24) is 10.2 Å². The molecular formula is C17H24N2O2. The number of aryl methyl sites for hydroxylation is 2. The molecule has 2 rings (SSSR count). The molecule has 0 spiro atoms. The van der Waals surface area contributed by atoms with E-state index < -0.39 is 11.6 Å². The molecule has 0 aliphatic carbocycles. The topological polar surface area (TPSA) is 49.4 Å². The summed E-state index contributed by atoms with van der Waals surface area (Å²) >= 11 is 0. The van der Waals surface area contributed by atoms with Gasteiger partial charge in [-0.15, -0.1) is 0 Å². The van der Waals surface area contributed by atoms with Crippen LogP contribution in [0.4, 0.5) is 0 Å². The molecule has 2 amide bonds. The normalized spacial score (nSPS) is 26.0. The van der Waals surface area contributed by atoms with Crippen LogP contribution in [-0.2, 0) is 16.1 Å². The van der Waals surface area contributed by atoms with Crippen molar-refractivity contribution >= 4 is 11.8 Å². The highest BCUT2D eigenvalue weighted by molar-refractivity contribution is 5.99. The van der Waals surface area contributed by atoms with Gasteiger partial charge < -0.3 is 10.2 Å². The zero-order chi connectivity index (χ0) is 15.8. The molecule has 114 valence electrons. The number of carbonyl (C=O) groups excluding carboxylic acids is 2. The van der Waals surface area contributed by atoms with E-state index >= 15 is 0 Å². The smallest absolute Gasteiger partial charge is 0.248 e. The molecule has 1 aromatic carbocycles. The standard InChI is InChI=1S/C17H24N2O2/c1-6-17(5)16(21)19(13(4)15(20)18-17)10-14-9-11(2)7-8-12(14)3/h7-9,13H,6,10H2,1-5H3,(H,18,20). The van der Waals surface area contributed by atoms with Crippen molar-refractivity contribution in [2.75, 3.05) is 0 Å². The van der Waals surface area contributed by atoms with Crippen LogP contribution < -0.4 is 5.32 Å². The molecule has 1 aliphatic heterocycles. The van der Waals surface area contributed by atoms with Crippen molar-refractivity contribution in [3.63, 3.8) is 0 Å². The van der Waals surface area contributed by atoms with Crippen molar-refractivity contribution in [3.8, 4) is 0 Å². The second-order valence-electron chi connectivity index (χ2n) is 6.21. The van der Waals surface area contributed by atoms with Crippen LogP contribution in [0.5, 0.6) is 0 Å². The Kier molecular flexibility index (Phi) is 4.08. The molecule has 1 heterocycles. The molecule has 21 heavy (non-hydrogen) atoms. The van der Waals surface area contributed by atoms with Crippen molar-refractivity contribution in [3.05, 3.63) is 34.9 Å². The first-order chi connectivity index (χ1) is 9.78. The van der Waals surface area contributed by atoms with Gasteiger partial charge in [0.1, 0.15) is 11.6 Å². The molecule has 1 N–H and O–H groups in total. The van der Waals surface area contributed by atoms with E-state index in [1.54, 1.807) is 18.7 Å². The third kappa shape index (κ3) is 2.80. The quantitative estimate of drug-likeness (QED) is 0.928. The summed E-state index contributed by atoms with van der Waals surface area (Å²) in [5.41, 5.74) is 2.62. The van der Waals surface area contributed by atoms with Gasteiger partial charge >= 0.3 is 0 Å². The first kappa shape index (κ1) is 15.5. The van der Waals surface area contributed by atoms with Crippen LogP contribution in [-0.4, -0.2) is 28.3 Å². The molecule has 0 aromatic heterocycles. The maximum absolute atomic E-state index is 12.7. The van der Waals surface area contributed by atoms with Gasteiger partial charge in [0.05, 0.1) is 0 Å². The molecule has 2 atom stereocenters. The van der Waals surface area contributed by atoms with Gasteiger partial charge in [-0.1, -0.05) is 30.7 Å². The number of piperazine rings is 1. The number of hydrogen-bond acceptors (Lipinski definition) is 2. The van der Waals surface area contributed by atoms with E-state index in [1.165, 1.54) is 0 Å². The Hall–Kier alpha value is -1.84. The molecular weight excluding hydrogens is 264 g/mol. The summed E-state index contributed by atoms with van der Waals surface area (Å²) in [5.74, 6) is -0.0812. The predicted octanol–water partition coefficient (Wildman–Crippen LogP) is 2.32. The lowest BCUT2D eigenvalue weighted by Gasteiger charge is -2.43. The number of hydrogen-bond donors (Lipinski definition) is 1. The van der Waals surface area contributed by atoms with Crippen molar-refractivity contribution < 1.29 is 9.59 Å². The van der Waals surface area contributed by atoms with E-state index in [1.807, 2.05) is 20.8 Å². The van der Waals surface area contributed by atoms with Crippen LogP contribution in [0.25, 0.3) is 0 Å². The summed E-state index contributed by atoms with van der Waals surface area (Å²) in [6, 6.07) is 5.77. The fraction of sp³-hybridized carbons (Fsp3) is 0.529. The summed E-state index contributed by atoms with van der Waals surface area (Å²) in [7, 11) is 0. The summed E-state index contributed by atoms with van der Waals surface area (Å²) in [6.45, 7) is 10.1. The fourth-order valence-corrected chi connectivity index (χ4v) is 2.67. The number of carbonyl (C=O) groups is 2. The molecule has 1 aliphatic rings. The summed E-state index contributed by atoms with van der Waals surface area (Å²) in [5, 5.41) is 2.85. The summed E-state index contributed by atoms with van der Waals surface area (Å²) in [4.78, 5) is 26.6. The van der Waals surface area contributed by atoms with Gasteiger partial charge in [0.15, 0.2) is 0 Å². The Balaban J connectivity index is 2.34. The van der Waals surface area contributed by atoms with Gasteiger partial charge in [-0.25, -0.2) is 0 Å². The van der Waals surface area contributed by atoms with Crippen LogP contribution in [0, 0.1) is 13.8 Å². The highest BCUT2D eigenvalue weighted by Crippen LogP contribution is 2.24. The predicted molar refractivity (Wildman–Crippen MR) is 82.8 cm³/mol. The largest absolute Gasteiger partial charge is 0.340 e. The maximum Gasteiger partial charge on any atom is 0.248 e. The van der Waals surface area contributed by atoms with E-state index in [0.717, 1.165) is 16.7 Å². The zero-order valence-corrected chi connectivity index (χ0v) is 13.5. The highest BCUT2D eigenvalue weighted by Gasteiger charge is 2.45. The molecule has 4 nitrogen and oxygen atoms in total. The molecule has 1 fully saturated rings. The van der Waals surface area contributed by atoms with Crippen LogP contribution in [0.1, 0.15) is 43.9 Å². The number of benzene rings is 1. The van der Waals surface area contributed by atoms with Crippen molar-refractivity contribution in [2.45, 2.75) is 59.2 Å². The van der Waals surface area contributed by atoms with E-state index in [-0.39, 0.29) is 11.8 Å². The number of amides is 2. The van der Waals surface area contributed by atoms with Crippen LogP contribution in [0.3, 0.4) is 0 Å². The van der Waals surface area contributed by atoms with Gasteiger partial charge in [0.25, 0.3) is 0 Å². The molecule has 1 saturated heterocycles. The van der Waals surface area contributed by atoms with E-state index in [2.05, 4.69) is 23.5 Å². The molecule has 0 saturated carbocycles. The first-order valence-electron chi connectivity index (χ1n) is 7.47. The van der Waals surface area contributed by atoms with Crippen LogP contribution in [0.15, 0.2) is 18.2 Å². The molecule has 0 bridgehead atoms. The van der Waals surface area contributed by atoms with Crippen molar-refractivity contribution in [1.29, 1.82) is 0 Å². The molecule has 1 aromatic rings. The van der Waals surface area contributed by atoms with Gasteiger partial charge in [-0.3, -0.25) is 9.59 Å². The molecule has 0 radical (unpaired) electrons. The summed E-state index contributed by atoms with van der Waals surface area (Å²) in [6.07, 6.45) is 0.591. The zero-order valence-electron chi connectivity index (χ0n) is 13.5. The minimum Gasteiger partial charge on any atom is -0.340 e. The summed E-state index contributed by atoms with van der Waals surface area (Å²) < 4.78 is 0. The van der Waals surface area contributed by atoms with Gasteiger partial charge in [-0.2, -0.15) is 0 Å². The van der Waals surface area contributed by atoms with Gasteiger partial charge in [0.2, 0.25) is 11.8 Å². The van der Waals surface area contributed by atoms with Gasteiger partial charge in [-0.05, 0) is 45.2 Å². The number of nitrogens with zero attached hydrogens (tertiary/aromatic N) is 1. The fourth-order valence-electron chi connectivity index (χ4n) is 2.67. The first-order valence-corrected chi connectivity index (χ1v) is 7.47. The highest BCUT2D eigenvalue weighted by atomic mass is 16.2. The SMILES string of the molecule is CCC1(C)NC(=O)C(C)N(Cc2cc(C)ccc2C)C1=O. The number of rotatable bonds is 3. The lowest BCUT2D eigenvalue weighted by molar-refractivity contribution is -0.154. The monoisotopic (exact) mass is 288 g/mol. The minimum absolute atomic E-state index is 0.00185. The molecule has 4 heteroatoms. The van der Waals surface area contributed by atoms with Crippen LogP contribution in [0.2, 0.25) is 0 Å². The Morgan fingerprint density at radius 2 is 1.95 bits per heavy atom. The Labute approximate surface area is 126 Å². The lowest BCUT2D eigenvalue weighted by atomic mass is 9.91. The minimum atomic E-state index is -0.790. The van der Waals surface area contributed by atoms with Crippen LogP contribution >= 0.6 is 0 Å². The molecule has 2 unspecified atom stereocenters. The second kappa shape index (κ2) is 5.51. The average molecular weight is 288 g/mol. The second-order valence-corrected chi connectivity index (χ2v) is 6.21. The Morgan fingerprint density at radius 3 is 2.57 bits per heavy atom.